The Kier molecular flexibility index (Phi) is 3.36. The zero-order valence-electron chi connectivity index (χ0n) is 10.5. The molecular weight excluding hydrogens is 282 g/mol. The second-order valence-corrected chi connectivity index (χ2v) is 7.55. The van der Waals surface area contributed by atoms with E-state index in [1.807, 2.05) is 22.9 Å². The van der Waals surface area contributed by atoms with Crippen LogP contribution in [0.15, 0.2) is 11.4 Å². The quantitative estimate of drug-likeness (QED) is 0.859. The number of rotatable bonds is 2. The number of nitrogens with zero attached hydrogens (tertiary/aromatic N) is 2. The van der Waals surface area contributed by atoms with E-state index in [0.29, 0.717) is 6.04 Å². The summed E-state index contributed by atoms with van der Waals surface area (Å²) in [7, 11) is 0. The summed E-state index contributed by atoms with van der Waals surface area (Å²) in [5, 5.41) is 7.76. The van der Waals surface area contributed by atoms with Gasteiger partial charge in [0.2, 0.25) is 0 Å². The minimum absolute atomic E-state index is 0.545. The first-order valence-corrected chi connectivity index (χ1v) is 8.21. The van der Waals surface area contributed by atoms with Gasteiger partial charge in [-0.2, -0.15) is 9.78 Å². The van der Waals surface area contributed by atoms with Gasteiger partial charge in [0.25, 0.3) is 0 Å². The van der Waals surface area contributed by atoms with Crippen molar-refractivity contribution in [3.63, 3.8) is 0 Å². The van der Waals surface area contributed by atoms with E-state index in [0.717, 1.165) is 15.6 Å². The SMILES string of the molecule is Cc1nn(C[NH+]2CCc3sccc3[C@@H]2C)c(=S)s1. The van der Waals surface area contributed by atoms with E-state index in [1.165, 1.54) is 18.5 Å². The average Bonchev–Trinajstić information content (AvgIpc) is 2.90. The summed E-state index contributed by atoms with van der Waals surface area (Å²) in [5.41, 5.74) is 1.51. The third kappa shape index (κ3) is 2.18. The minimum atomic E-state index is 0.545. The summed E-state index contributed by atoms with van der Waals surface area (Å²) < 4.78 is 2.88. The molecule has 1 unspecified atom stereocenters. The first-order chi connectivity index (χ1) is 8.65. The van der Waals surface area contributed by atoms with Gasteiger partial charge in [-0.25, -0.2) is 0 Å². The highest BCUT2D eigenvalue weighted by molar-refractivity contribution is 7.73. The molecular formula is C12H16N3S3+. The fourth-order valence-electron chi connectivity index (χ4n) is 2.57. The molecule has 0 fully saturated rings. The molecule has 3 heterocycles. The molecule has 2 atom stereocenters. The molecule has 1 N–H and O–H groups in total. The first kappa shape index (κ1) is 12.5. The molecule has 0 aromatic carbocycles. The van der Waals surface area contributed by atoms with Gasteiger partial charge < -0.3 is 4.90 Å². The Morgan fingerprint density at radius 1 is 1.61 bits per heavy atom. The molecule has 1 aliphatic rings. The van der Waals surface area contributed by atoms with Gasteiger partial charge in [-0.15, -0.1) is 11.3 Å². The molecule has 96 valence electrons. The highest BCUT2D eigenvalue weighted by Crippen LogP contribution is 2.24. The van der Waals surface area contributed by atoms with Gasteiger partial charge >= 0.3 is 0 Å². The Labute approximate surface area is 120 Å². The number of quaternary nitrogens is 1. The maximum Gasteiger partial charge on any atom is 0.184 e. The van der Waals surface area contributed by atoms with Crippen LogP contribution in [-0.2, 0) is 13.1 Å². The lowest BCUT2D eigenvalue weighted by molar-refractivity contribution is -0.954. The van der Waals surface area contributed by atoms with Crippen LogP contribution in [-0.4, -0.2) is 16.3 Å². The number of hydrogen-bond donors (Lipinski definition) is 1. The monoisotopic (exact) mass is 298 g/mol. The number of aromatic nitrogens is 2. The fraction of sp³-hybridized carbons (Fsp3) is 0.500. The molecule has 2 aromatic rings. The Balaban J connectivity index is 1.83. The Bertz CT molecular complexity index is 610. The smallest absolute Gasteiger partial charge is 0.184 e. The van der Waals surface area contributed by atoms with Crippen LogP contribution in [0.4, 0.5) is 0 Å². The lowest BCUT2D eigenvalue weighted by Crippen LogP contribution is -3.12. The summed E-state index contributed by atoms with van der Waals surface area (Å²) in [5.74, 6) is 0. The highest BCUT2D eigenvalue weighted by atomic mass is 32.1. The van der Waals surface area contributed by atoms with Gasteiger partial charge in [-0.3, -0.25) is 0 Å². The molecule has 0 radical (unpaired) electrons. The molecule has 3 nitrogen and oxygen atoms in total. The van der Waals surface area contributed by atoms with Gasteiger partial charge in [0, 0.05) is 16.9 Å². The zero-order valence-corrected chi connectivity index (χ0v) is 12.9. The topological polar surface area (TPSA) is 22.3 Å². The number of fused-ring (bicyclic) bond motifs is 1. The molecule has 0 amide bonds. The predicted molar refractivity (Wildman–Crippen MR) is 77.9 cm³/mol. The number of aryl methyl sites for hydroxylation is 1. The summed E-state index contributed by atoms with van der Waals surface area (Å²) >= 11 is 8.84. The van der Waals surface area contributed by atoms with Crippen molar-refractivity contribution in [1.29, 1.82) is 0 Å². The minimum Gasteiger partial charge on any atom is -0.310 e. The molecule has 6 heteroatoms. The summed E-state index contributed by atoms with van der Waals surface area (Å²) in [6.45, 7) is 6.39. The number of nitrogens with one attached hydrogen (secondary N) is 1. The summed E-state index contributed by atoms with van der Waals surface area (Å²) in [6.07, 6.45) is 1.18. The lowest BCUT2D eigenvalue weighted by atomic mass is 10.0. The van der Waals surface area contributed by atoms with Crippen LogP contribution in [0.3, 0.4) is 0 Å². The van der Waals surface area contributed by atoms with E-state index in [1.54, 1.807) is 21.1 Å². The zero-order chi connectivity index (χ0) is 12.7. The predicted octanol–water partition coefficient (Wildman–Crippen LogP) is 2.20. The second-order valence-electron chi connectivity index (χ2n) is 4.72. The Morgan fingerprint density at radius 3 is 3.17 bits per heavy atom. The number of hydrogen-bond acceptors (Lipinski definition) is 4. The molecule has 0 aliphatic carbocycles. The van der Waals surface area contributed by atoms with Crippen molar-refractivity contribution in [2.75, 3.05) is 6.54 Å². The summed E-state index contributed by atoms with van der Waals surface area (Å²) in [6, 6.07) is 2.82. The van der Waals surface area contributed by atoms with Crippen LogP contribution >= 0.6 is 34.9 Å². The van der Waals surface area contributed by atoms with E-state index in [4.69, 9.17) is 12.2 Å². The Hall–Kier alpha value is -0.560. The molecule has 0 bridgehead atoms. The van der Waals surface area contributed by atoms with Crippen molar-refractivity contribution in [2.24, 2.45) is 0 Å². The van der Waals surface area contributed by atoms with Crippen molar-refractivity contribution in [3.05, 3.63) is 30.8 Å². The third-order valence-corrected chi connectivity index (χ3v) is 5.81. The maximum atomic E-state index is 5.35. The second kappa shape index (κ2) is 4.85. The maximum absolute atomic E-state index is 5.35. The van der Waals surface area contributed by atoms with E-state index >= 15 is 0 Å². The lowest BCUT2D eigenvalue weighted by Gasteiger charge is -2.30. The van der Waals surface area contributed by atoms with E-state index in [2.05, 4.69) is 23.5 Å². The molecule has 0 saturated heterocycles. The van der Waals surface area contributed by atoms with Crippen LogP contribution in [0.5, 0.6) is 0 Å². The van der Waals surface area contributed by atoms with Crippen molar-refractivity contribution < 1.29 is 4.90 Å². The van der Waals surface area contributed by atoms with Crippen LogP contribution in [0.1, 0.15) is 28.4 Å². The van der Waals surface area contributed by atoms with Crippen molar-refractivity contribution in [1.82, 2.24) is 9.78 Å². The van der Waals surface area contributed by atoms with Gasteiger partial charge in [0.05, 0.1) is 6.54 Å². The van der Waals surface area contributed by atoms with Crippen molar-refractivity contribution >= 4 is 34.9 Å². The average molecular weight is 298 g/mol. The molecule has 1 aliphatic heterocycles. The largest absolute Gasteiger partial charge is 0.310 e. The number of thiophene rings is 1. The molecule has 3 rings (SSSR count). The van der Waals surface area contributed by atoms with Crippen LogP contribution < -0.4 is 4.90 Å². The van der Waals surface area contributed by atoms with Crippen LogP contribution in [0.25, 0.3) is 0 Å². The molecule has 2 aromatic heterocycles. The summed E-state index contributed by atoms with van der Waals surface area (Å²) in [4.78, 5) is 3.12. The van der Waals surface area contributed by atoms with Crippen LogP contribution in [0, 0.1) is 10.9 Å². The molecule has 0 spiro atoms. The normalized spacial score (nSPS) is 23.0. The van der Waals surface area contributed by atoms with Crippen LogP contribution in [0.2, 0.25) is 0 Å². The van der Waals surface area contributed by atoms with E-state index in [-0.39, 0.29) is 0 Å². The Morgan fingerprint density at radius 2 is 2.44 bits per heavy atom. The van der Waals surface area contributed by atoms with Gasteiger partial charge in [0.15, 0.2) is 10.6 Å². The van der Waals surface area contributed by atoms with Crippen molar-refractivity contribution in [2.45, 2.75) is 33.0 Å². The molecule has 18 heavy (non-hydrogen) atoms. The van der Waals surface area contributed by atoms with Gasteiger partial charge in [0.1, 0.15) is 11.0 Å². The van der Waals surface area contributed by atoms with E-state index < -0.39 is 0 Å². The van der Waals surface area contributed by atoms with E-state index in [9.17, 15) is 0 Å². The fourth-order valence-corrected chi connectivity index (χ4v) is 4.62. The van der Waals surface area contributed by atoms with Gasteiger partial charge in [-0.1, -0.05) is 11.3 Å². The highest BCUT2D eigenvalue weighted by Gasteiger charge is 2.28. The molecule has 0 saturated carbocycles. The van der Waals surface area contributed by atoms with Gasteiger partial charge in [-0.05, 0) is 37.5 Å². The first-order valence-electron chi connectivity index (χ1n) is 6.10. The third-order valence-electron chi connectivity index (χ3n) is 3.59. The standard InChI is InChI=1S/C12H15N3S3/c1-8-10-4-6-17-11(10)3-5-14(8)7-15-12(16)18-9(2)13-15/h4,6,8H,3,5,7H2,1-2H3/p+1/t8-/m0/s1. The van der Waals surface area contributed by atoms with Crippen molar-refractivity contribution in [3.8, 4) is 0 Å².